The molecule has 0 bridgehead atoms. The average molecular weight is 301 g/mol. The van der Waals surface area contributed by atoms with E-state index in [2.05, 4.69) is 5.32 Å². The maximum Gasteiger partial charge on any atom is 0.416 e. The summed E-state index contributed by atoms with van der Waals surface area (Å²) >= 11 is 0. The van der Waals surface area contributed by atoms with Crippen LogP contribution in [0.2, 0.25) is 0 Å². The SMILES string of the molecule is CC(C)(CO)NC(=O)C1CC1c1cccc(C(F)(F)F)c1. The number of carbonyl (C=O) groups is 1. The summed E-state index contributed by atoms with van der Waals surface area (Å²) in [7, 11) is 0. The maximum absolute atomic E-state index is 12.7. The third-order valence-electron chi connectivity index (χ3n) is 3.63. The molecule has 0 spiro atoms. The minimum atomic E-state index is -4.37. The van der Waals surface area contributed by atoms with Gasteiger partial charge in [0.05, 0.1) is 17.7 Å². The minimum Gasteiger partial charge on any atom is -0.394 e. The third kappa shape index (κ3) is 3.75. The molecule has 1 aliphatic carbocycles. The molecule has 1 amide bonds. The Morgan fingerprint density at radius 2 is 2.05 bits per heavy atom. The summed E-state index contributed by atoms with van der Waals surface area (Å²) < 4.78 is 38.0. The Hall–Kier alpha value is -1.56. The number of benzene rings is 1. The average Bonchev–Trinajstić information content (AvgIpc) is 3.18. The van der Waals surface area contributed by atoms with E-state index < -0.39 is 17.3 Å². The predicted octanol–water partition coefficient (Wildman–Crippen LogP) is 2.70. The van der Waals surface area contributed by atoms with Crippen molar-refractivity contribution in [2.24, 2.45) is 5.92 Å². The Labute approximate surface area is 121 Å². The van der Waals surface area contributed by atoms with Gasteiger partial charge in [-0.1, -0.05) is 18.2 Å². The maximum atomic E-state index is 12.7. The van der Waals surface area contributed by atoms with Crippen LogP contribution >= 0.6 is 0 Å². The molecule has 6 heteroatoms. The molecular formula is C15H18F3NO2. The lowest BCUT2D eigenvalue weighted by Crippen LogP contribution is -2.47. The molecule has 1 aromatic carbocycles. The summed E-state index contributed by atoms with van der Waals surface area (Å²) in [5.41, 5.74) is -0.883. The van der Waals surface area contributed by atoms with Crippen LogP contribution < -0.4 is 5.32 Å². The van der Waals surface area contributed by atoms with Gasteiger partial charge in [0.1, 0.15) is 0 Å². The van der Waals surface area contributed by atoms with Gasteiger partial charge in [-0.2, -0.15) is 13.2 Å². The van der Waals surface area contributed by atoms with Crippen LogP contribution in [0.3, 0.4) is 0 Å². The van der Waals surface area contributed by atoms with E-state index in [1.54, 1.807) is 19.9 Å². The van der Waals surface area contributed by atoms with Crippen molar-refractivity contribution in [2.75, 3.05) is 6.61 Å². The zero-order valence-corrected chi connectivity index (χ0v) is 11.9. The normalized spacial score (nSPS) is 22.0. The highest BCUT2D eigenvalue weighted by atomic mass is 19.4. The summed E-state index contributed by atoms with van der Waals surface area (Å²) in [5.74, 6) is -0.724. The molecule has 116 valence electrons. The van der Waals surface area contributed by atoms with Crippen molar-refractivity contribution in [1.82, 2.24) is 5.32 Å². The van der Waals surface area contributed by atoms with Crippen LogP contribution in [-0.2, 0) is 11.0 Å². The van der Waals surface area contributed by atoms with E-state index in [4.69, 9.17) is 5.11 Å². The molecular weight excluding hydrogens is 283 g/mol. The highest BCUT2D eigenvalue weighted by Crippen LogP contribution is 2.48. The van der Waals surface area contributed by atoms with Crippen LogP contribution in [0.1, 0.15) is 37.3 Å². The van der Waals surface area contributed by atoms with Crippen LogP contribution in [0.15, 0.2) is 24.3 Å². The fourth-order valence-electron chi connectivity index (χ4n) is 2.26. The monoisotopic (exact) mass is 301 g/mol. The molecule has 0 radical (unpaired) electrons. The van der Waals surface area contributed by atoms with Crippen LogP contribution in [0.5, 0.6) is 0 Å². The van der Waals surface area contributed by atoms with Gasteiger partial charge in [-0.25, -0.2) is 0 Å². The number of halogens is 3. The summed E-state index contributed by atoms with van der Waals surface area (Å²) in [4.78, 5) is 12.0. The zero-order valence-electron chi connectivity index (χ0n) is 11.9. The van der Waals surface area contributed by atoms with E-state index in [0.717, 1.165) is 12.1 Å². The molecule has 2 N–H and O–H groups in total. The van der Waals surface area contributed by atoms with Crippen LogP contribution in [0.4, 0.5) is 13.2 Å². The van der Waals surface area contributed by atoms with Crippen molar-refractivity contribution < 1.29 is 23.1 Å². The summed E-state index contributed by atoms with van der Waals surface area (Å²) in [6.07, 6.45) is -3.84. The number of amides is 1. The molecule has 0 saturated heterocycles. The second kappa shape index (κ2) is 5.33. The molecule has 21 heavy (non-hydrogen) atoms. The van der Waals surface area contributed by atoms with Gasteiger partial charge in [-0.15, -0.1) is 0 Å². The Morgan fingerprint density at radius 3 is 2.62 bits per heavy atom. The number of carbonyl (C=O) groups excluding carboxylic acids is 1. The summed E-state index contributed by atoms with van der Waals surface area (Å²) in [6.45, 7) is 3.18. The molecule has 3 nitrogen and oxygen atoms in total. The fraction of sp³-hybridized carbons (Fsp3) is 0.533. The van der Waals surface area contributed by atoms with E-state index in [1.807, 2.05) is 0 Å². The fourth-order valence-corrected chi connectivity index (χ4v) is 2.26. The standard InChI is InChI=1S/C15H18F3NO2/c1-14(2,8-20)19-13(21)12-7-11(12)9-4-3-5-10(6-9)15(16,17)18/h3-6,11-12,20H,7-8H2,1-2H3,(H,19,21). The van der Waals surface area contributed by atoms with Gasteiger partial charge >= 0.3 is 6.18 Å². The van der Waals surface area contributed by atoms with Gasteiger partial charge in [0.15, 0.2) is 0 Å². The van der Waals surface area contributed by atoms with Gasteiger partial charge in [-0.3, -0.25) is 4.79 Å². The number of alkyl halides is 3. The highest BCUT2D eigenvalue weighted by molar-refractivity contribution is 5.83. The largest absolute Gasteiger partial charge is 0.416 e. The number of aliphatic hydroxyl groups is 1. The van der Waals surface area contributed by atoms with E-state index in [-0.39, 0.29) is 24.3 Å². The Bertz CT molecular complexity index is 540. The molecule has 0 aromatic heterocycles. The van der Waals surface area contributed by atoms with Gasteiger partial charge in [0.2, 0.25) is 5.91 Å². The molecule has 1 aliphatic rings. The number of aliphatic hydroxyl groups excluding tert-OH is 1. The predicted molar refractivity (Wildman–Crippen MR) is 71.6 cm³/mol. The van der Waals surface area contributed by atoms with E-state index in [9.17, 15) is 18.0 Å². The van der Waals surface area contributed by atoms with E-state index in [1.165, 1.54) is 6.07 Å². The number of hydrogen-bond acceptors (Lipinski definition) is 2. The molecule has 0 heterocycles. The van der Waals surface area contributed by atoms with Crippen molar-refractivity contribution in [3.05, 3.63) is 35.4 Å². The van der Waals surface area contributed by atoms with E-state index >= 15 is 0 Å². The second-order valence-corrected chi connectivity index (χ2v) is 6.10. The first-order valence-corrected chi connectivity index (χ1v) is 6.74. The van der Waals surface area contributed by atoms with Gasteiger partial charge in [0, 0.05) is 5.92 Å². The molecule has 2 atom stereocenters. The quantitative estimate of drug-likeness (QED) is 0.898. The van der Waals surface area contributed by atoms with Crippen molar-refractivity contribution in [3.63, 3.8) is 0 Å². The van der Waals surface area contributed by atoms with Gasteiger partial charge in [-0.05, 0) is 37.8 Å². The van der Waals surface area contributed by atoms with Crippen molar-refractivity contribution in [1.29, 1.82) is 0 Å². The number of nitrogens with one attached hydrogen (secondary N) is 1. The topological polar surface area (TPSA) is 49.3 Å². The van der Waals surface area contributed by atoms with Crippen LogP contribution in [0.25, 0.3) is 0 Å². The summed E-state index contributed by atoms with van der Waals surface area (Å²) in [5, 5.41) is 11.8. The molecule has 0 aliphatic heterocycles. The Balaban J connectivity index is 2.05. The molecule has 1 saturated carbocycles. The first kappa shape index (κ1) is 15.8. The molecule has 2 rings (SSSR count). The summed E-state index contributed by atoms with van der Waals surface area (Å²) in [6, 6.07) is 5.11. The lowest BCUT2D eigenvalue weighted by molar-refractivity contribution is -0.137. The minimum absolute atomic E-state index is 0.179. The van der Waals surface area contributed by atoms with Crippen LogP contribution in [-0.4, -0.2) is 23.2 Å². The smallest absolute Gasteiger partial charge is 0.394 e. The van der Waals surface area contributed by atoms with Gasteiger partial charge < -0.3 is 10.4 Å². The van der Waals surface area contributed by atoms with Crippen molar-refractivity contribution in [2.45, 2.75) is 37.9 Å². The molecule has 1 aromatic rings. The number of hydrogen-bond donors (Lipinski definition) is 2. The second-order valence-electron chi connectivity index (χ2n) is 6.10. The third-order valence-corrected chi connectivity index (χ3v) is 3.63. The first-order valence-electron chi connectivity index (χ1n) is 6.74. The highest BCUT2D eigenvalue weighted by Gasteiger charge is 2.45. The van der Waals surface area contributed by atoms with E-state index in [0.29, 0.717) is 12.0 Å². The van der Waals surface area contributed by atoms with Crippen molar-refractivity contribution >= 4 is 5.91 Å². The Kier molecular flexibility index (Phi) is 4.02. The molecule has 1 fully saturated rings. The Morgan fingerprint density at radius 1 is 1.38 bits per heavy atom. The lowest BCUT2D eigenvalue weighted by Gasteiger charge is -2.23. The van der Waals surface area contributed by atoms with Crippen molar-refractivity contribution in [3.8, 4) is 0 Å². The first-order chi connectivity index (χ1) is 9.64. The van der Waals surface area contributed by atoms with Gasteiger partial charge in [0.25, 0.3) is 0 Å². The zero-order chi connectivity index (χ0) is 15.8. The molecule has 2 unspecified atom stereocenters. The van der Waals surface area contributed by atoms with Crippen LogP contribution in [0, 0.1) is 5.92 Å². The lowest BCUT2D eigenvalue weighted by atomic mass is 10.0. The number of rotatable bonds is 4.